The topological polar surface area (TPSA) is 41.3 Å². The molecular weight excluding hydrogens is 250 g/mol. The van der Waals surface area contributed by atoms with Gasteiger partial charge in [-0.25, -0.2) is 4.98 Å². The number of rotatable bonds is 7. The Balaban J connectivity index is 2.00. The molecule has 2 rings (SSSR count). The van der Waals surface area contributed by atoms with Crippen LogP contribution in [0.2, 0.25) is 0 Å². The second kappa shape index (κ2) is 7.10. The normalized spacial score (nSPS) is 10.8. The van der Waals surface area contributed by atoms with Crippen LogP contribution in [0.5, 0.6) is 0 Å². The molecule has 1 N–H and O–H groups in total. The standard InChI is InChI=1S/C16H23N3O/c1-4-8-17-10-15-5-6-16(18-13(15)2)19(3)11-14-7-9-20-12-14/h5-7,9,12,17H,4,8,10-11H2,1-3H3. The zero-order valence-electron chi connectivity index (χ0n) is 12.5. The van der Waals surface area contributed by atoms with Gasteiger partial charge in [-0.2, -0.15) is 0 Å². The summed E-state index contributed by atoms with van der Waals surface area (Å²) in [6.07, 6.45) is 4.62. The maximum atomic E-state index is 5.09. The van der Waals surface area contributed by atoms with Crippen LogP contribution in [0.4, 0.5) is 5.82 Å². The van der Waals surface area contributed by atoms with Gasteiger partial charge in [-0.1, -0.05) is 13.0 Å². The summed E-state index contributed by atoms with van der Waals surface area (Å²) >= 11 is 0. The quantitative estimate of drug-likeness (QED) is 0.787. The van der Waals surface area contributed by atoms with Crippen molar-refractivity contribution < 1.29 is 4.42 Å². The Hall–Kier alpha value is -1.81. The Morgan fingerprint density at radius 1 is 1.30 bits per heavy atom. The van der Waals surface area contributed by atoms with Crippen LogP contribution in [0.25, 0.3) is 0 Å². The predicted molar refractivity (Wildman–Crippen MR) is 81.8 cm³/mol. The second-order valence-electron chi connectivity index (χ2n) is 5.08. The zero-order valence-corrected chi connectivity index (χ0v) is 12.5. The molecule has 2 aromatic rings. The van der Waals surface area contributed by atoms with E-state index in [0.29, 0.717) is 0 Å². The van der Waals surface area contributed by atoms with Crippen molar-refractivity contribution in [3.05, 3.63) is 47.5 Å². The monoisotopic (exact) mass is 273 g/mol. The summed E-state index contributed by atoms with van der Waals surface area (Å²) in [5, 5.41) is 3.41. The van der Waals surface area contributed by atoms with Gasteiger partial charge in [0.05, 0.1) is 12.5 Å². The summed E-state index contributed by atoms with van der Waals surface area (Å²) < 4.78 is 5.09. The Kier molecular flexibility index (Phi) is 5.18. The molecule has 0 saturated heterocycles. The number of nitrogens with zero attached hydrogens (tertiary/aromatic N) is 2. The smallest absolute Gasteiger partial charge is 0.128 e. The van der Waals surface area contributed by atoms with Gasteiger partial charge < -0.3 is 14.6 Å². The minimum Gasteiger partial charge on any atom is -0.472 e. The van der Waals surface area contributed by atoms with E-state index in [1.54, 1.807) is 12.5 Å². The molecule has 0 aromatic carbocycles. The van der Waals surface area contributed by atoms with E-state index in [-0.39, 0.29) is 0 Å². The van der Waals surface area contributed by atoms with Crippen molar-refractivity contribution >= 4 is 5.82 Å². The SMILES string of the molecule is CCCNCc1ccc(N(C)Cc2ccoc2)nc1C. The Morgan fingerprint density at radius 2 is 2.15 bits per heavy atom. The number of furan rings is 1. The van der Waals surface area contributed by atoms with Crippen molar-refractivity contribution in [2.75, 3.05) is 18.5 Å². The molecule has 0 aliphatic carbocycles. The number of hydrogen-bond donors (Lipinski definition) is 1. The van der Waals surface area contributed by atoms with Crippen molar-refractivity contribution in [3.8, 4) is 0 Å². The van der Waals surface area contributed by atoms with Crippen molar-refractivity contribution in [3.63, 3.8) is 0 Å². The molecule has 4 heteroatoms. The summed E-state index contributed by atoms with van der Waals surface area (Å²) in [6, 6.07) is 6.22. The van der Waals surface area contributed by atoms with Gasteiger partial charge in [0.2, 0.25) is 0 Å². The molecule has 0 saturated carbocycles. The van der Waals surface area contributed by atoms with Crippen molar-refractivity contribution in [2.45, 2.75) is 33.4 Å². The van der Waals surface area contributed by atoms with Gasteiger partial charge in [-0.15, -0.1) is 0 Å². The van der Waals surface area contributed by atoms with Crippen molar-refractivity contribution in [1.29, 1.82) is 0 Å². The first-order valence-electron chi connectivity index (χ1n) is 7.10. The maximum absolute atomic E-state index is 5.09. The van der Waals surface area contributed by atoms with Crippen LogP contribution in [-0.4, -0.2) is 18.6 Å². The molecule has 2 aromatic heterocycles. The first-order chi connectivity index (χ1) is 9.70. The Labute approximate surface area is 120 Å². The first-order valence-corrected chi connectivity index (χ1v) is 7.10. The number of hydrogen-bond acceptors (Lipinski definition) is 4. The van der Waals surface area contributed by atoms with E-state index in [2.05, 4.69) is 41.2 Å². The molecule has 0 unspecified atom stereocenters. The molecule has 0 aliphatic rings. The van der Waals surface area contributed by atoms with Crippen LogP contribution < -0.4 is 10.2 Å². The largest absolute Gasteiger partial charge is 0.472 e. The highest BCUT2D eigenvalue weighted by atomic mass is 16.3. The highest BCUT2D eigenvalue weighted by Gasteiger charge is 2.07. The third-order valence-electron chi connectivity index (χ3n) is 3.31. The van der Waals surface area contributed by atoms with Gasteiger partial charge in [-0.3, -0.25) is 0 Å². The van der Waals surface area contributed by atoms with E-state index in [1.165, 1.54) is 5.56 Å². The third-order valence-corrected chi connectivity index (χ3v) is 3.31. The molecule has 0 spiro atoms. The van der Waals surface area contributed by atoms with E-state index in [0.717, 1.165) is 43.1 Å². The lowest BCUT2D eigenvalue weighted by molar-refractivity contribution is 0.563. The second-order valence-corrected chi connectivity index (χ2v) is 5.08. The molecule has 0 fully saturated rings. The Bertz CT molecular complexity index is 523. The van der Waals surface area contributed by atoms with Gasteiger partial charge in [0.25, 0.3) is 0 Å². The maximum Gasteiger partial charge on any atom is 0.128 e. The molecule has 20 heavy (non-hydrogen) atoms. The van der Waals surface area contributed by atoms with E-state index in [1.807, 2.05) is 13.1 Å². The molecule has 0 atom stereocenters. The molecular formula is C16H23N3O. The van der Waals surface area contributed by atoms with Gasteiger partial charge in [-0.05, 0) is 37.6 Å². The molecule has 0 bridgehead atoms. The van der Waals surface area contributed by atoms with E-state index < -0.39 is 0 Å². The summed E-state index contributed by atoms with van der Waals surface area (Å²) in [4.78, 5) is 6.81. The predicted octanol–water partition coefficient (Wildman–Crippen LogP) is 3.12. The lowest BCUT2D eigenvalue weighted by atomic mass is 10.2. The lowest BCUT2D eigenvalue weighted by Gasteiger charge is -2.18. The third kappa shape index (κ3) is 3.84. The number of aryl methyl sites for hydroxylation is 1. The fraction of sp³-hybridized carbons (Fsp3) is 0.438. The van der Waals surface area contributed by atoms with E-state index in [9.17, 15) is 0 Å². The summed E-state index contributed by atoms with van der Waals surface area (Å²) in [7, 11) is 2.05. The highest BCUT2D eigenvalue weighted by Crippen LogP contribution is 2.16. The molecule has 0 amide bonds. The molecule has 2 heterocycles. The summed E-state index contributed by atoms with van der Waals surface area (Å²) in [6.45, 7) is 6.97. The molecule has 4 nitrogen and oxygen atoms in total. The number of aromatic nitrogens is 1. The van der Waals surface area contributed by atoms with Gasteiger partial charge >= 0.3 is 0 Å². The fourth-order valence-corrected chi connectivity index (χ4v) is 2.11. The van der Waals surface area contributed by atoms with Gasteiger partial charge in [0, 0.05) is 31.4 Å². The van der Waals surface area contributed by atoms with E-state index >= 15 is 0 Å². The Morgan fingerprint density at radius 3 is 2.80 bits per heavy atom. The summed E-state index contributed by atoms with van der Waals surface area (Å²) in [5.74, 6) is 0.989. The van der Waals surface area contributed by atoms with Crippen LogP contribution in [0.1, 0.15) is 30.2 Å². The first kappa shape index (κ1) is 14.6. The lowest BCUT2D eigenvalue weighted by Crippen LogP contribution is -2.19. The fourth-order valence-electron chi connectivity index (χ4n) is 2.11. The molecule has 108 valence electrons. The minimum absolute atomic E-state index is 0.802. The number of anilines is 1. The van der Waals surface area contributed by atoms with Crippen LogP contribution in [-0.2, 0) is 13.1 Å². The van der Waals surface area contributed by atoms with Crippen molar-refractivity contribution in [1.82, 2.24) is 10.3 Å². The number of pyridine rings is 1. The zero-order chi connectivity index (χ0) is 14.4. The van der Waals surface area contributed by atoms with Gasteiger partial charge in [0.1, 0.15) is 5.82 Å². The van der Waals surface area contributed by atoms with Crippen LogP contribution in [0, 0.1) is 6.92 Å². The highest BCUT2D eigenvalue weighted by molar-refractivity contribution is 5.41. The average Bonchev–Trinajstić information content (AvgIpc) is 2.93. The van der Waals surface area contributed by atoms with E-state index in [4.69, 9.17) is 4.42 Å². The molecule has 0 aliphatic heterocycles. The average molecular weight is 273 g/mol. The van der Waals surface area contributed by atoms with Crippen LogP contribution in [0.15, 0.2) is 35.1 Å². The number of nitrogens with one attached hydrogen (secondary N) is 1. The van der Waals surface area contributed by atoms with Crippen molar-refractivity contribution in [2.24, 2.45) is 0 Å². The van der Waals surface area contributed by atoms with Crippen LogP contribution in [0.3, 0.4) is 0 Å². The minimum atomic E-state index is 0.802. The summed E-state index contributed by atoms with van der Waals surface area (Å²) in [5.41, 5.74) is 3.50. The van der Waals surface area contributed by atoms with Gasteiger partial charge in [0.15, 0.2) is 0 Å². The van der Waals surface area contributed by atoms with Crippen LogP contribution >= 0.6 is 0 Å². The molecule has 0 radical (unpaired) electrons.